The molecule has 0 radical (unpaired) electrons. The summed E-state index contributed by atoms with van der Waals surface area (Å²) in [6.07, 6.45) is 1.23. The first kappa shape index (κ1) is 12.7. The molecule has 1 aromatic carbocycles. The van der Waals surface area contributed by atoms with Crippen molar-refractivity contribution >= 4 is 39.3 Å². The van der Waals surface area contributed by atoms with E-state index in [1.807, 2.05) is 17.8 Å². The first-order valence-electron chi connectivity index (χ1n) is 5.45. The van der Waals surface area contributed by atoms with Gasteiger partial charge >= 0.3 is 0 Å². The van der Waals surface area contributed by atoms with Crippen LogP contribution in [0.4, 0.5) is 0 Å². The van der Waals surface area contributed by atoms with Gasteiger partial charge in [0.05, 0.1) is 0 Å². The largest absolute Gasteiger partial charge is 0.307 e. The van der Waals surface area contributed by atoms with Crippen molar-refractivity contribution in [2.75, 3.05) is 11.5 Å². The highest BCUT2D eigenvalue weighted by molar-refractivity contribution is 9.10. The van der Waals surface area contributed by atoms with Gasteiger partial charge in [-0.2, -0.15) is 11.8 Å². The second-order valence-corrected chi connectivity index (χ2v) is 6.62. The van der Waals surface area contributed by atoms with Crippen LogP contribution in [0.5, 0.6) is 0 Å². The van der Waals surface area contributed by atoms with Crippen LogP contribution >= 0.6 is 39.3 Å². The van der Waals surface area contributed by atoms with Crippen molar-refractivity contribution in [1.82, 2.24) is 5.32 Å². The van der Waals surface area contributed by atoms with E-state index < -0.39 is 0 Å². The van der Waals surface area contributed by atoms with Crippen LogP contribution in [0.3, 0.4) is 0 Å². The van der Waals surface area contributed by atoms with Gasteiger partial charge in [-0.05, 0) is 36.8 Å². The zero-order valence-corrected chi connectivity index (χ0v) is 12.3. The van der Waals surface area contributed by atoms with Gasteiger partial charge in [0.1, 0.15) is 0 Å². The maximum absolute atomic E-state index is 6.28. The van der Waals surface area contributed by atoms with Gasteiger partial charge in [-0.25, -0.2) is 0 Å². The van der Waals surface area contributed by atoms with E-state index in [1.165, 1.54) is 17.7 Å². The van der Waals surface area contributed by atoms with Crippen molar-refractivity contribution in [2.24, 2.45) is 0 Å². The van der Waals surface area contributed by atoms with Crippen molar-refractivity contribution in [3.05, 3.63) is 33.3 Å². The van der Waals surface area contributed by atoms with Gasteiger partial charge < -0.3 is 5.32 Å². The molecule has 1 aliphatic heterocycles. The molecule has 1 aromatic rings. The molecular weight excluding hydrogens is 306 g/mol. The summed E-state index contributed by atoms with van der Waals surface area (Å²) in [6, 6.07) is 7.09. The van der Waals surface area contributed by atoms with Crippen LogP contribution in [0.2, 0.25) is 5.02 Å². The van der Waals surface area contributed by atoms with Crippen LogP contribution in [0.1, 0.15) is 24.9 Å². The molecule has 2 rings (SSSR count). The fourth-order valence-electron chi connectivity index (χ4n) is 1.90. The molecule has 2 unspecified atom stereocenters. The summed E-state index contributed by atoms with van der Waals surface area (Å²) in [6.45, 7) is 2.24. The monoisotopic (exact) mass is 319 g/mol. The highest BCUT2D eigenvalue weighted by Crippen LogP contribution is 2.30. The lowest BCUT2D eigenvalue weighted by Gasteiger charge is -2.20. The van der Waals surface area contributed by atoms with E-state index in [0.717, 1.165) is 15.2 Å². The molecule has 1 N–H and O–H groups in total. The summed E-state index contributed by atoms with van der Waals surface area (Å²) in [5.41, 5.74) is 1.21. The molecule has 2 atom stereocenters. The molecule has 1 heterocycles. The summed E-state index contributed by atoms with van der Waals surface area (Å²) in [5.74, 6) is 2.34. The number of hydrogen-bond acceptors (Lipinski definition) is 2. The summed E-state index contributed by atoms with van der Waals surface area (Å²) in [7, 11) is 0. The first-order valence-corrected chi connectivity index (χ1v) is 7.78. The van der Waals surface area contributed by atoms with Crippen molar-refractivity contribution < 1.29 is 0 Å². The van der Waals surface area contributed by atoms with Crippen LogP contribution in [0.15, 0.2) is 22.7 Å². The average Bonchev–Trinajstić information content (AvgIpc) is 2.43. The van der Waals surface area contributed by atoms with E-state index >= 15 is 0 Å². The number of halogens is 2. The van der Waals surface area contributed by atoms with Gasteiger partial charge in [0.15, 0.2) is 0 Å². The molecule has 1 fully saturated rings. The van der Waals surface area contributed by atoms with Crippen molar-refractivity contribution in [3.63, 3.8) is 0 Å². The first-order chi connectivity index (χ1) is 7.66. The number of nitrogens with one attached hydrogen (secondary N) is 1. The second kappa shape index (κ2) is 5.76. The Bertz CT molecular complexity index is 372. The third kappa shape index (κ3) is 3.16. The van der Waals surface area contributed by atoms with Crippen LogP contribution < -0.4 is 5.32 Å². The zero-order valence-electron chi connectivity index (χ0n) is 9.17. The predicted molar refractivity (Wildman–Crippen MR) is 76.4 cm³/mol. The van der Waals surface area contributed by atoms with Crippen LogP contribution in [-0.2, 0) is 0 Å². The Morgan fingerprint density at radius 2 is 2.31 bits per heavy atom. The lowest BCUT2D eigenvalue weighted by molar-refractivity contribution is 0.485. The van der Waals surface area contributed by atoms with Crippen molar-refractivity contribution in [3.8, 4) is 0 Å². The molecule has 1 nitrogen and oxygen atoms in total. The minimum Gasteiger partial charge on any atom is -0.307 e. The number of rotatable bonds is 1. The molecule has 0 amide bonds. The van der Waals surface area contributed by atoms with Crippen molar-refractivity contribution in [2.45, 2.75) is 25.4 Å². The molecule has 0 bridgehead atoms. The van der Waals surface area contributed by atoms with Crippen LogP contribution in [0.25, 0.3) is 0 Å². The van der Waals surface area contributed by atoms with E-state index in [2.05, 4.69) is 40.3 Å². The van der Waals surface area contributed by atoms with E-state index in [1.54, 1.807) is 0 Å². The Labute approximate surface area is 114 Å². The average molecular weight is 321 g/mol. The topological polar surface area (TPSA) is 12.0 Å². The molecule has 0 saturated carbocycles. The Morgan fingerprint density at radius 3 is 3.06 bits per heavy atom. The Hall–Kier alpha value is 0.300. The molecule has 1 aliphatic rings. The standard InChI is InChI=1S/C12H15BrClNS/c1-8-4-5-16-7-12(15-8)10-3-2-9(13)6-11(10)14/h2-3,6,8,12,15H,4-5,7H2,1H3. The van der Waals surface area contributed by atoms with E-state index in [0.29, 0.717) is 12.1 Å². The summed E-state index contributed by atoms with van der Waals surface area (Å²) in [5, 5.41) is 4.48. The number of benzene rings is 1. The number of hydrogen-bond donors (Lipinski definition) is 1. The molecule has 1 saturated heterocycles. The zero-order chi connectivity index (χ0) is 11.5. The Kier molecular flexibility index (Phi) is 4.59. The van der Waals surface area contributed by atoms with Gasteiger partial charge in [-0.15, -0.1) is 0 Å². The normalized spacial score (nSPS) is 26.4. The predicted octanol–water partition coefficient (Wildman–Crippen LogP) is 4.26. The van der Waals surface area contributed by atoms with Gasteiger partial charge in [0, 0.05) is 27.3 Å². The molecule has 0 aliphatic carbocycles. The summed E-state index contributed by atoms with van der Waals surface area (Å²) < 4.78 is 1.04. The lowest BCUT2D eigenvalue weighted by Crippen LogP contribution is -2.30. The lowest BCUT2D eigenvalue weighted by atomic mass is 10.1. The van der Waals surface area contributed by atoms with Crippen LogP contribution in [-0.4, -0.2) is 17.5 Å². The van der Waals surface area contributed by atoms with E-state index in [9.17, 15) is 0 Å². The smallest absolute Gasteiger partial charge is 0.0465 e. The fraction of sp³-hybridized carbons (Fsp3) is 0.500. The third-order valence-corrected chi connectivity index (χ3v) is 4.72. The third-order valence-electron chi connectivity index (χ3n) is 2.80. The van der Waals surface area contributed by atoms with Gasteiger partial charge in [-0.1, -0.05) is 33.6 Å². The maximum Gasteiger partial charge on any atom is 0.0465 e. The molecular formula is C12H15BrClNS. The Balaban J connectivity index is 2.21. The highest BCUT2D eigenvalue weighted by Gasteiger charge is 2.19. The second-order valence-electron chi connectivity index (χ2n) is 4.15. The van der Waals surface area contributed by atoms with Gasteiger partial charge in [0.25, 0.3) is 0 Å². The highest BCUT2D eigenvalue weighted by atomic mass is 79.9. The summed E-state index contributed by atoms with van der Waals surface area (Å²) in [4.78, 5) is 0. The van der Waals surface area contributed by atoms with Gasteiger partial charge in [0.2, 0.25) is 0 Å². The molecule has 88 valence electrons. The molecule has 0 aromatic heterocycles. The summed E-state index contributed by atoms with van der Waals surface area (Å²) >= 11 is 11.7. The fourth-order valence-corrected chi connectivity index (χ4v) is 3.90. The van der Waals surface area contributed by atoms with E-state index in [-0.39, 0.29) is 0 Å². The van der Waals surface area contributed by atoms with Gasteiger partial charge in [-0.3, -0.25) is 0 Å². The molecule has 0 spiro atoms. The maximum atomic E-state index is 6.28. The molecule has 16 heavy (non-hydrogen) atoms. The SMILES string of the molecule is CC1CCSCC(c2ccc(Br)cc2Cl)N1. The van der Waals surface area contributed by atoms with E-state index in [4.69, 9.17) is 11.6 Å². The van der Waals surface area contributed by atoms with Crippen molar-refractivity contribution in [1.29, 1.82) is 0 Å². The molecule has 4 heteroatoms. The van der Waals surface area contributed by atoms with Crippen LogP contribution in [0, 0.1) is 0 Å². The Morgan fingerprint density at radius 1 is 1.50 bits per heavy atom. The quantitative estimate of drug-likeness (QED) is 0.830. The minimum atomic E-state index is 0.378. The minimum absolute atomic E-state index is 0.378. The number of thioether (sulfide) groups is 1.